The van der Waals surface area contributed by atoms with Gasteiger partial charge in [-0.2, -0.15) is 0 Å². The fraction of sp³-hybridized carbons (Fsp3) is 0.286. The zero-order valence-corrected chi connectivity index (χ0v) is 12.3. The van der Waals surface area contributed by atoms with Gasteiger partial charge in [0.25, 0.3) is 0 Å². The predicted molar refractivity (Wildman–Crippen MR) is 78.8 cm³/mol. The second-order valence-corrected chi connectivity index (χ2v) is 5.33. The summed E-state index contributed by atoms with van der Waals surface area (Å²) in [7, 11) is 1.87. The summed E-state index contributed by atoms with van der Waals surface area (Å²) in [5.74, 6) is 1.99. The number of nitrogens with zero attached hydrogens (tertiary/aromatic N) is 2. The molecule has 0 bridgehead atoms. The fourth-order valence-electron chi connectivity index (χ4n) is 1.65. The third kappa shape index (κ3) is 2.88. The molecule has 0 aliphatic heterocycles. The maximum Gasteiger partial charge on any atom is 0.161 e. The second kappa shape index (κ2) is 5.48. The molecule has 94 valence electrons. The summed E-state index contributed by atoms with van der Waals surface area (Å²) in [4.78, 5) is 9.12. The molecule has 1 N–H and O–H groups in total. The van der Waals surface area contributed by atoms with E-state index in [0.29, 0.717) is 5.92 Å². The van der Waals surface area contributed by atoms with Gasteiger partial charge in [-0.15, -0.1) is 0 Å². The lowest BCUT2D eigenvalue weighted by Crippen LogP contribution is -2.02. The molecule has 2 rings (SSSR count). The van der Waals surface area contributed by atoms with Crippen LogP contribution in [0.3, 0.4) is 0 Å². The Morgan fingerprint density at radius 1 is 1.17 bits per heavy atom. The van der Waals surface area contributed by atoms with Crippen LogP contribution in [0.25, 0.3) is 11.4 Å². The minimum absolute atomic E-state index is 0.381. The van der Waals surface area contributed by atoms with Crippen molar-refractivity contribution in [3.63, 3.8) is 0 Å². The largest absolute Gasteiger partial charge is 0.373 e. The quantitative estimate of drug-likeness (QED) is 0.929. The number of rotatable bonds is 3. The average molecular weight is 306 g/mol. The Balaban J connectivity index is 2.53. The fourth-order valence-corrected chi connectivity index (χ4v) is 2.05. The highest BCUT2D eigenvalue weighted by atomic mass is 79.9. The molecule has 4 heteroatoms. The van der Waals surface area contributed by atoms with Crippen LogP contribution in [-0.2, 0) is 0 Å². The summed E-state index contributed by atoms with van der Waals surface area (Å²) in [6, 6.07) is 10.0. The van der Waals surface area contributed by atoms with E-state index >= 15 is 0 Å². The Morgan fingerprint density at radius 3 is 2.56 bits per heavy atom. The number of hydrogen-bond donors (Lipinski definition) is 1. The van der Waals surface area contributed by atoms with Gasteiger partial charge in [-0.1, -0.05) is 41.9 Å². The van der Waals surface area contributed by atoms with Crippen molar-refractivity contribution < 1.29 is 0 Å². The second-order valence-electron chi connectivity index (χ2n) is 4.42. The molecule has 0 aliphatic rings. The van der Waals surface area contributed by atoms with Gasteiger partial charge in [0, 0.05) is 28.8 Å². The van der Waals surface area contributed by atoms with Gasteiger partial charge >= 0.3 is 0 Å². The first kappa shape index (κ1) is 13.0. The molecule has 0 amide bonds. The van der Waals surface area contributed by atoms with Crippen molar-refractivity contribution in [2.24, 2.45) is 0 Å². The highest BCUT2D eigenvalue weighted by molar-refractivity contribution is 9.10. The summed E-state index contributed by atoms with van der Waals surface area (Å²) in [5, 5.41) is 3.08. The summed E-state index contributed by atoms with van der Waals surface area (Å²) >= 11 is 3.47. The van der Waals surface area contributed by atoms with Crippen LogP contribution in [-0.4, -0.2) is 17.0 Å². The van der Waals surface area contributed by atoms with Crippen molar-refractivity contribution in [1.29, 1.82) is 0 Å². The summed E-state index contributed by atoms with van der Waals surface area (Å²) < 4.78 is 1.03. The molecule has 0 unspecified atom stereocenters. The molecule has 3 nitrogen and oxygen atoms in total. The van der Waals surface area contributed by atoms with E-state index in [0.717, 1.165) is 27.4 Å². The Labute approximate surface area is 116 Å². The number of nitrogens with one attached hydrogen (secondary N) is 1. The lowest BCUT2D eigenvalue weighted by Gasteiger charge is -2.10. The highest BCUT2D eigenvalue weighted by Crippen LogP contribution is 2.23. The normalized spacial score (nSPS) is 10.7. The average Bonchev–Trinajstić information content (AvgIpc) is 2.38. The van der Waals surface area contributed by atoms with E-state index in [1.54, 1.807) is 0 Å². The Bertz CT molecular complexity index is 552. The molecular weight excluding hydrogens is 290 g/mol. The van der Waals surface area contributed by atoms with Crippen LogP contribution < -0.4 is 5.32 Å². The van der Waals surface area contributed by atoms with Crippen molar-refractivity contribution in [3.8, 4) is 11.4 Å². The Hall–Kier alpha value is -1.42. The van der Waals surface area contributed by atoms with Crippen LogP contribution in [0.1, 0.15) is 25.5 Å². The molecule has 1 aromatic carbocycles. The van der Waals surface area contributed by atoms with Crippen LogP contribution in [0.4, 0.5) is 5.82 Å². The number of hydrogen-bond acceptors (Lipinski definition) is 3. The molecule has 0 radical (unpaired) electrons. The third-order valence-electron chi connectivity index (χ3n) is 2.68. The maximum atomic E-state index is 4.62. The van der Waals surface area contributed by atoms with Gasteiger partial charge in [-0.3, -0.25) is 0 Å². The van der Waals surface area contributed by atoms with Gasteiger partial charge in [-0.05, 0) is 18.1 Å². The molecule has 0 spiro atoms. The smallest absolute Gasteiger partial charge is 0.161 e. The van der Waals surface area contributed by atoms with Crippen molar-refractivity contribution in [3.05, 3.63) is 40.5 Å². The van der Waals surface area contributed by atoms with E-state index in [9.17, 15) is 0 Å². The standard InChI is InChI=1S/C14H16BrN3/c1-9(2)12-8-13(16-3)18-14(17-12)10-5-4-6-11(15)7-10/h4-9H,1-3H3,(H,16,17,18). The number of anilines is 1. The first-order chi connectivity index (χ1) is 8.60. The van der Waals surface area contributed by atoms with E-state index < -0.39 is 0 Å². The first-order valence-corrected chi connectivity index (χ1v) is 6.72. The van der Waals surface area contributed by atoms with Crippen molar-refractivity contribution in [2.45, 2.75) is 19.8 Å². The van der Waals surface area contributed by atoms with Gasteiger partial charge in [0.2, 0.25) is 0 Å². The van der Waals surface area contributed by atoms with Gasteiger partial charge in [0.15, 0.2) is 5.82 Å². The van der Waals surface area contributed by atoms with Crippen LogP contribution >= 0.6 is 15.9 Å². The zero-order valence-electron chi connectivity index (χ0n) is 10.7. The first-order valence-electron chi connectivity index (χ1n) is 5.93. The molecule has 0 atom stereocenters. The summed E-state index contributed by atoms with van der Waals surface area (Å²) in [5.41, 5.74) is 2.06. The van der Waals surface area contributed by atoms with E-state index in [4.69, 9.17) is 0 Å². The van der Waals surface area contributed by atoms with Gasteiger partial charge in [0.05, 0.1) is 0 Å². The maximum absolute atomic E-state index is 4.62. The molecule has 1 aromatic heterocycles. The molecule has 1 heterocycles. The third-order valence-corrected chi connectivity index (χ3v) is 3.17. The van der Waals surface area contributed by atoms with Crippen LogP contribution in [0.15, 0.2) is 34.8 Å². The lowest BCUT2D eigenvalue weighted by molar-refractivity contribution is 0.817. The van der Waals surface area contributed by atoms with Crippen LogP contribution in [0.2, 0.25) is 0 Å². The minimum Gasteiger partial charge on any atom is -0.373 e. The van der Waals surface area contributed by atoms with E-state index in [-0.39, 0.29) is 0 Å². The summed E-state index contributed by atoms with van der Waals surface area (Å²) in [6.45, 7) is 4.26. The Morgan fingerprint density at radius 2 is 1.94 bits per heavy atom. The number of benzene rings is 1. The van der Waals surface area contributed by atoms with Gasteiger partial charge in [0.1, 0.15) is 5.82 Å². The van der Waals surface area contributed by atoms with Gasteiger partial charge in [-0.25, -0.2) is 9.97 Å². The topological polar surface area (TPSA) is 37.8 Å². The van der Waals surface area contributed by atoms with Crippen molar-refractivity contribution >= 4 is 21.7 Å². The molecule has 0 fully saturated rings. The van der Waals surface area contributed by atoms with E-state index in [1.165, 1.54) is 0 Å². The molecular formula is C14H16BrN3. The molecule has 0 aliphatic carbocycles. The monoisotopic (exact) mass is 305 g/mol. The predicted octanol–water partition coefficient (Wildman–Crippen LogP) is 4.07. The molecule has 0 saturated carbocycles. The lowest BCUT2D eigenvalue weighted by atomic mass is 10.1. The summed E-state index contributed by atoms with van der Waals surface area (Å²) in [6.07, 6.45) is 0. The highest BCUT2D eigenvalue weighted by Gasteiger charge is 2.09. The van der Waals surface area contributed by atoms with E-state index in [2.05, 4.69) is 45.1 Å². The van der Waals surface area contributed by atoms with Crippen molar-refractivity contribution in [1.82, 2.24) is 9.97 Å². The van der Waals surface area contributed by atoms with Crippen LogP contribution in [0, 0.1) is 0 Å². The number of halogens is 1. The van der Waals surface area contributed by atoms with Gasteiger partial charge < -0.3 is 5.32 Å². The van der Waals surface area contributed by atoms with E-state index in [1.807, 2.05) is 37.4 Å². The Kier molecular flexibility index (Phi) is 3.97. The molecule has 0 saturated heterocycles. The minimum atomic E-state index is 0.381. The SMILES string of the molecule is CNc1cc(C(C)C)nc(-c2cccc(Br)c2)n1. The zero-order chi connectivity index (χ0) is 13.1. The number of aromatic nitrogens is 2. The molecule has 18 heavy (non-hydrogen) atoms. The van der Waals surface area contributed by atoms with Crippen molar-refractivity contribution in [2.75, 3.05) is 12.4 Å². The van der Waals surface area contributed by atoms with Crippen LogP contribution in [0.5, 0.6) is 0 Å². The molecule has 2 aromatic rings.